The van der Waals surface area contributed by atoms with Crippen LogP contribution in [-0.2, 0) is 16.1 Å². The number of para-hydroxylation sites is 1. The second-order valence-electron chi connectivity index (χ2n) is 10.0. The van der Waals surface area contributed by atoms with Gasteiger partial charge in [-0.1, -0.05) is 43.3 Å². The first-order valence-corrected chi connectivity index (χ1v) is 12.0. The lowest BCUT2D eigenvalue weighted by molar-refractivity contribution is -0.139. The molecule has 8 nitrogen and oxygen atoms in total. The molecule has 0 spiro atoms. The third kappa shape index (κ3) is 2.87. The molecule has 0 radical (unpaired) electrons. The zero-order valence-electron chi connectivity index (χ0n) is 19.9. The molecule has 182 valence electrons. The summed E-state index contributed by atoms with van der Waals surface area (Å²) in [6, 6.07) is 14.9. The number of carbonyl (C=O) groups excluding carboxylic acids is 2. The number of fused-ring (bicyclic) bond motifs is 4. The Balaban J connectivity index is 1.60. The van der Waals surface area contributed by atoms with E-state index >= 15 is 0 Å². The van der Waals surface area contributed by atoms with Gasteiger partial charge in [0.25, 0.3) is 0 Å². The predicted molar refractivity (Wildman–Crippen MR) is 132 cm³/mol. The van der Waals surface area contributed by atoms with Gasteiger partial charge in [0.1, 0.15) is 5.75 Å². The van der Waals surface area contributed by atoms with Gasteiger partial charge >= 0.3 is 11.4 Å². The van der Waals surface area contributed by atoms with E-state index in [2.05, 4.69) is 0 Å². The molecule has 0 unspecified atom stereocenters. The van der Waals surface area contributed by atoms with Crippen LogP contribution in [0.2, 0.25) is 0 Å². The molecule has 6 rings (SSSR count). The molecule has 0 bridgehead atoms. The number of phenolic OH excluding ortho intramolecular Hbond substituents is 1. The number of hydrogen-bond acceptors (Lipinski definition) is 5. The summed E-state index contributed by atoms with van der Waals surface area (Å²) in [7, 11) is 0. The van der Waals surface area contributed by atoms with Crippen molar-refractivity contribution >= 4 is 11.6 Å². The number of aromatic nitrogens is 3. The van der Waals surface area contributed by atoms with Gasteiger partial charge in [-0.05, 0) is 60.4 Å². The van der Waals surface area contributed by atoms with E-state index in [9.17, 15) is 24.3 Å². The van der Waals surface area contributed by atoms with Crippen molar-refractivity contribution in [3.8, 4) is 11.4 Å². The van der Waals surface area contributed by atoms with Crippen molar-refractivity contribution in [3.05, 3.63) is 104 Å². The van der Waals surface area contributed by atoms with Crippen LogP contribution in [0.5, 0.6) is 5.75 Å². The number of allylic oxidation sites excluding steroid dienone is 4. The maximum atomic E-state index is 13.7. The first-order valence-electron chi connectivity index (χ1n) is 12.0. The van der Waals surface area contributed by atoms with Crippen LogP contribution in [0.15, 0.2) is 87.5 Å². The highest BCUT2D eigenvalue weighted by molar-refractivity contribution is 6.13. The first-order chi connectivity index (χ1) is 17.2. The molecule has 3 aliphatic rings. The van der Waals surface area contributed by atoms with E-state index in [0.29, 0.717) is 16.8 Å². The quantitative estimate of drug-likeness (QED) is 0.565. The summed E-state index contributed by atoms with van der Waals surface area (Å²) in [5, 5.41) is 10.3. The molecule has 36 heavy (non-hydrogen) atoms. The average Bonchev–Trinajstić information content (AvgIpc) is 3.12. The molecule has 8 heteroatoms. The van der Waals surface area contributed by atoms with Gasteiger partial charge in [0.05, 0.1) is 23.7 Å². The SMILES string of the molecule is CC1=CC(=O)[C@@]2(C)[C@@H](c3cccc(O)c3)C3=CCn4c(=O)n(-c5ccccc5)c(=O)n4[C@@H]3C[C@H]2C1=O. The van der Waals surface area contributed by atoms with Gasteiger partial charge in [-0.2, -0.15) is 0 Å². The number of benzene rings is 2. The zero-order chi connectivity index (χ0) is 25.4. The van der Waals surface area contributed by atoms with Crippen LogP contribution in [-0.4, -0.2) is 30.6 Å². The Hall–Kier alpha value is -4.20. The third-order valence-electron chi connectivity index (χ3n) is 8.16. The minimum Gasteiger partial charge on any atom is -0.508 e. The summed E-state index contributed by atoms with van der Waals surface area (Å²) >= 11 is 0. The van der Waals surface area contributed by atoms with Crippen LogP contribution in [0.1, 0.15) is 37.8 Å². The summed E-state index contributed by atoms with van der Waals surface area (Å²) in [6.07, 6.45) is 3.55. The van der Waals surface area contributed by atoms with Crippen LogP contribution in [0.25, 0.3) is 5.69 Å². The summed E-state index contributed by atoms with van der Waals surface area (Å²) in [5.74, 6) is -1.45. The highest BCUT2D eigenvalue weighted by Gasteiger charge is 2.59. The minimum atomic E-state index is -1.08. The van der Waals surface area contributed by atoms with E-state index in [1.807, 2.05) is 25.1 Å². The molecule has 4 atom stereocenters. The van der Waals surface area contributed by atoms with Crippen LogP contribution < -0.4 is 11.4 Å². The topological polar surface area (TPSA) is 103 Å². The number of hydrogen-bond donors (Lipinski definition) is 1. The Labute approximate surface area is 206 Å². The number of phenols is 1. The van der Waals surface area contributed by atoms with Crippen molar-refractivity contribution in [1.82, 2.24) is 13.9 Å². The monoisotopic (exact) mass is 483 g/mol. The molecule has 2 aliphatic carbocycles. The summed E-state index contributed by atoms with van der Waals surface area (Å²) in [4.78, 5) is 54.1. The minimum absolute atomic E-state index is 0.0526. The molecule has 2 aromatic carbocycles. The lowest BCUT2D eigenvalue weighted by Crippen LogP contribution is -2.54. The highest BCUT2D eigenvalue weighted by Crippen LogP contribution is 2.59. The highest BCUT2D eigenvalue weighted by atomic mass is 16.3. The van der Waals surface area contributed by atoms with E-state index in [1.165, 1.54) is 15.4 Å². The average molecular weight is 484 g/mol. The van der Waals surface area contributed by atoms with Gasteiger partial charge in [0.2, 0.25) is 0 Å². The number of carbonyl (C=O) groups is 2. The molecule has 2 heterocycles. The van der Waals surface area contributed by atoms with Gasteiger partial charge in [0, 0.05) is 11.8 Å². The van der Waals surface area contributed by atoms with Gasteiger partial charge in [-0.15, -0.1) is 0 Å². The van der Waals surface area contributed by atoms with Crippen molar-refractivity contribution in [2.45, 2.75) is 38.8 Å². The summed E-state index contributed by atoms with van der Waals surface area (Å²) in [5.41, 5.74) is 0.344. The van der Waals surface area contributed by atoms with Crippen molar-refractivity contribution in [2.24, 2.45) is 11.3 Å². The Morgan fingerprint density at radius 3 is 2.44 bits per heavy atom. The zero-order valence-corrected chi connectivity index (χ0v) is 19.9. The molecule has 1 N–H and O–H groups in total. The largest absolute Gasteiger partial charge is 0.508 e. The molecular weight excluding hydrogens is 458 g/mol. The van der Waals surface area contributed by atoms with Gasteiger partial charge in [0.15, 0.2) is 11.6 Å². The summed E-state index contributed by atoms with van der Waals surface area (Å²) < 4.78 is 4.00. The Kier molecular flexibility index (Phi) is 4.73. The number of nitrogens with zero attached hydrogens (tertiary/aromatic N) is 3. The second-order valence-corrected chi connectivity index (χ2v) is 10.0. The summed E-state index contributed by atoms with van der Waals surface area (Å²) in [6.45, 7) is 3.61. The number of rotatable bonds is 2. The van der Waals surface area contributed by atoms with Crippen LogP contribution in [0.4, 0.5) is 0 Å². The van der Waals surface area contributed by atoms with Gasteiger partial charge < -0.3 is 5.11 Å². The maximum Gasteiger partial charge on any atom is 0.352 e. The lowest BCUT2D eigenvalue weighted by Gasteiger charge is -2.52. The molecule has 0 saturated heterocycles. The molecule has 3 aromatic rings. The van der Waals surface area contributed by atoms with Crippen LogP contribution in [0.3, 0.4) is 0 Å². The normalized spacial score (nSPS) is 27.0. The van der Waals surface area contributed by atoms with E-state index < -0.39 is 34.7 Å². The van der Waals surface area contributed by atoms with E-state index in [0.717, 1.165) is 10.1 Å². The molecule has 1 saturated carbocycles. The Bertz CT molecular complexity index is 1620. The third-order valence-corrected chi connectivity index (χ3v) is 8.16. The van der Waals surface area contributed by atoms with Crippen molar-refractivity contribution < 1.29 is 14.7 Å². The Morgan fingerprint density at radius 2 is 1.72 bits per heavy atom. The second kappa shape index (κ2) is 7.65. The number of Topliss-reactive ketones (excluding diaryl/α,β-unsaturated/α-hetero) is 1. The standard InChI is InChI=1S/C28H25N3O5/c1-16-13-23(33)28(2)21(25(16)34)15-22-20(24(28)17-7-6-10-19(32)14-17)11-12-29-26(35)30(27(36)31(22)29)18-8-4-3-5-9-18/h3-11,13-14,21-22,24,32H,12,15H2,1-2H3/t21-,22+,24-,28-/m0/s1. The fraction of sp³-hybridized carbons (Fsp3) is 0.286. The van der Waals surface area contributed by atoms with Crippen LogP contribution in [0, 0.1) is 11.3 Å². The van der Waals surface area contributed by atoms with Crippen molar-refractivity contribution in [1.29, 1.82) is 0 Å². The fourth-order valence-corrected chi connectivity index (χ4v) is 6.43. The van der Waals surface area contributed by atoms with Crippen molar-refractivity contribution in [3.63, 3.8) is 0 Å². The lowest BCUT2D eigenvalue weighted by atomic mass is 9.51. The molecule has 1 aliphatic heterocycles. The Morgan fingerprint density at radius 1 is 0.972 bits per heavy atom. The van der Waals surface area contributed by atoms with Crippen molar-refractivity contribution in [2.75, 3.05) is 0 Å². The van der Waals surface area contributed by atoms with Gasteiger partial charge in [-0.25, -0.2) is 23.5 Å². The smallest absolute Gasteiger partial charge is 0.352 e. The predicted octanol–water partition coefficient (Wildman–Crippen LogP) is 2.90. The van der Waals surface area contributed by atoms with E-state index in [4.69, 9.17) is 0 Å². The molecule has 0 amide bonds. The molecule has 1 fully saturated rings. The van der Waals surface area contributed by atoms with E-state index in [1.54, 1.807) is 49.4 Å². The number of aromatic hydroxyl groups is 1. The fourth-order valence-electron chi connectivity index (χ4n) is 6.43. The number of ketones is 2. The van der Waals surface area contributed by atoms with E-state index in [-0.39, 0.29) is 30.3 Å². The molecular formula is C28H25N3O5. The molecule has 1 aromatic heterocycles. The maximum absolute atomic E-state index is 13.7. The van der Waals surface area contributed by atoms with Crippen LogP contribution >= 0.6 is 0 Å². The first kappa shape index (κ1) is 22.3. The van der Waals surface area contributed by atoms with Gasteiger partial charge in [-0.3, -0.25) is 9.59 Å².